The van der Waals surface area contributed by atoms with Crippen molar-refractivity contribution < 1.29 is 77.3 Å². The van der Waals surface area contributed by atoms with Gasteiger partial charge in [0, 0.05) is 36.4 Å². The van der Waals surface area contributed by atoms with E-state index in [4.69, 9.17) is 17.2 Å². The van der Waals surface area contributed by atoms with E-state index in [-0.39, 0.29) is 63.3 Å². The molecule has 0 saturated carbocycles. The van der Waals surface area contributed by atoms with Crippen LogP contribution in [0.25, 0.3) is 10.9 Å². The number of nitrogens with two attached hydrogens (primary N) is 3. The standard InChI is InChI=1S/C73H108N16O16/c1-10-41(6)60(76)70(101)84-52(32-45-23-15-13-16-24-45)64(95)78-37-58(92)80-44(9)63(94)89-62(43(8)12-3)72(103)85-53(34-47-36-77-49-28-20-19-27-48(47)49)68(99)83-54(35-57(75)91)65(96)79-38-59(93)88-61(42(7)11-2)71(102)81-50(29-21-22-30-74)66(97)87-56(39-90)69(100)82-51(31-40(4)5)67(98)86-55(73(104)105)33-46-25-17-14-18-26-46/h13-20,23-28,36,40-44,50-56,60-62,77,90H,10-12,21-22,29-35,37-39,74,76H2,1-9H3,(H2,75,91)(H,78,95)(H,79,96)(H,80,92)(H,81,102)(H,82,100)(H,83,99)(H,84,101)(H,85,103)(H,86,98)(H,87,97)(H,88,93)(H,89,94)(H,104,105)/t41-,42-,43-,44-,50-,51-,52-,53-,54-,55-,56-,60-,61-,62-/m0/s1. The molecule has 0 fully saturated rings. The topological polar surface area (TPSA) is 518 Å². The molecule has 32 nitrogen and oxygen atoms in total. The van der Waals surface area contributed by atoms with Gasteiger partial charge in [0.05, 0.1) is 32.2 Å². The second-order valence-corrected chi connectivity index (χ2v) is 26.9. The number of rotatable bonds is 46. The van der Waals surface area contributed by atoms with Crippen LogP contribution in [0.1, 0.15) is 130 Å². The molecule has 13 amide bonds. The predicted molar refractivity (Wildman–Crippen MR) is 391 cm³/mol. The number of hydrogen-bond acceptors (Lipinski definition) is 17. The van der Waals surface area contributed by atoms with Gasteiger partial charge in [0.15, 0.2) is 0 Å². The molecule has 1 aromatic heterocycles. The summed E-state index contributed by atoms with van der Waals surface area (Å²) in [5, 5.41) is 51.6. The number of aliphatic hydroxyl groups is 1. The number of aliphatic hydroxyl groups excluding tert-OH is 1. The molecular weight excluding hydrogens is 1360 g/mol. The Kier molecular flexibility index (Phi) is 36.8. The first-order chi connectivity index (χ1) is 49.8. The van der Waals surface area contributed by atoms with Gasteiger partial charge in [0.25, 0.3) is 0 Å². The zero-order chi connectivity index (χ0) is 78.0. The first-order valence-electron chi connectivity index (χ1n) is 35.6. The Morgan fingerprint density at radius 3 is 1.45 bits per heavy atom. The van der Waals surface area contributed by atoms with Crippen molar-refractivity contribution in [2.45, 2.75) is 199 Å². The van der Waals surface area contributed by atoms with E-state index in [9.17, 15) is 77.3 Å². The van der Waals surface area contributed by atoms with E-state index in [1.165, 1.54) is 6.92 Å². The van der Waals surface area contributed by atoms with E-state index in [1.54, 1.807) is 140 Å². The number of nitrogens with one attached hydrogen (secondary N) is 13. The lowest BCUT2D eigenvalue weighted by Gasteiger charge is -2.28. The predicted octanol–water partition coefficient (Wildman–Crippen LogP) is -1.11. The number of carbonyl (C=O) groups is 14. The van der Waals surface area contributed by atoms with E-state index in [0.29, 0.717) is 41.3 Å². The van der Waals surface area contributed by atoms with Crippen LogP contribution >= 0.6 is 0 Å². The number of hydrogen-bond donors (Lipinski definition) is 18. The molecule has 105 heavy (non-hydrogen) atoms. The molecule has 0 aliphatic heterocycles. The van der Waals surface area contributed by atoms with Crippen LogP contribution in [-0.2, 0) is 86.4 Å². The maximum absolute atomic E-state index is 14.6. The smallest absolute Gasteiger partial charge is 0.326 e. The second kappa shape index (κ2) is 44.3. The number of carboxylic acids is 1. The minimum Gasteiger partial charge on any atom is -0.480 e. The summed E-state index contributed by atoms with van der Waals surface area (Å²) in [6.07, 6.45) is 2.45. The number of unbranched alkanes of at least 4 members (excludes halogenated alkanes) is 1. The molecule has 14 atom stereocenters. The first kappa shape index (κ1) is 87.1. The highest BCUT2D eigenvalue weighted by Crippen LogP contribution is 2.21. The lowest BCUT2D eigenvalue weighted by Crippen LogP contribution is -2.61. The minimum atomic E-state index is -1.77. The molecule has 0 spiro atoms. The number of carboxylic acid groups (broad SMARTS) is 1. The number of carbonyl (C=O) groups excluding carboxylic acids is 13. The SMILES string of the molecule is CC[C@H](C)[C@H](N)C(=O)N[C@@H](Cc1ccccc1)C(=O)NCC(=O)N[C@@H](C)C(=O)N[C@H](C(=O)N[C@@H](Cc1c[nH]c2ccccc12)C(=O)N[C@@H](CC(N)=O)C(=O)NCC(=O)N[C@H](C(=O)N[C@@H](CCCCN)C(=O)N[C@@H](CO)C(=O)N[C@@H](CC(C)C)C(=O)N[C@@H](Cc1ccccc1)C(=O)O)[C@@H](C)CC)[C@@H](C)CC. The van der Waals surface area contributed by atoms with Crippen molar-refractivity contribution >= 4 is 93.7 Å². The van der Waals surface area contributed by atoms with Crippen molar-refractivity contribution in [1.82, 2.24) is 68.8 Å². The fourth-order valence-electron chi connectivity index (χ4n) is 11.1. The van der Waals surface area contributed by atoms with Gasteiger partial charge < -0.3 is 96.2 Å². The zero-order valence-electron chi connectivity index (χ0n) is 61.3. The van der Waals surface area contributed by atoms with Gasteiger partial charge in [-0.05, 0) is 85.6 Å². The number of aromatic amines is 1. The van der Waals surface area contributed by atoms with Crippen LogP contribution in [0.4, 0.5) is 0 Å². The maximum Gasteiger partial charge on any atom is 0.326 e. The summed E-state index contributed by atoms with van der Waals surface area (Å²) in [6.45, 7) is 13.1. The van der Waals surface area contributed by atoms with Gasteiger partial charge in [-0.25, -0.2) is 4.79 Å². The van der Waals surface area contributed by atoms with Crippen LogP contribution in [0.15, 0.2) is 91.1 Å². The Morgan fingerprint density at radius 1 is 0.457 bits per heavy atom. The molecular formula is C73H108N16O16. The molecule has 0 bridgehead atoms. The Hall–Kier alpha value is -10.3. The molecule has 0 unspecified atom stereocenters. The van der Waals surface area contributed by atoms with Crippen molar-refractivity contribution in [1.29, 1.82) is 0 Å². The first-order valence-corrected chi connectivity index (χ1v) is 35.6. The quantitative estimate of drug-likeness (QED) is 0.0233. The number of benzene rings is 3. The largest absolute Gasteiger partial charge is 0.480 e. The number of H-pyrrole nitrogens is 1. The van der Waals surface area contributed by atoms with Gasteiger partial charge >= 0.3 is 5.97 Å². The van der Waals surface area contributed by atoms with Crippen LogP contribution in [0.5, 0.6) is 0 Å². The molecule has 0 aliphatic rings. The fourth-order valence-corrected chi connectivity index (χ4v) is 11.1. The normalized spacial score (nSPS) is 15.2. The minimum absolute atomic E-state index is 0.0377. The van der Waals surface area contributed by atoms with Crippen molar-refractivity contribution in [2.75, 3.05) is 26.2 Å². The van der Waals surface area contributed by atoms with E-state index >= 15 is 0 Å². The number of amides is 13. The molecule has 1 heterocycles. The third kappa shape index (κ3) is 29.0. The number of para-hydroxylation sites is 1. The Balaban J connectivity index is 1.48. The molecule has 3 aromatic carbocycles. The zero-order valence-corrected chi connectivity index (χ0v) is 61.3. The molecule has 0 radical (unpaired) electrons. The van der Waals surface area contributed by atoms with Crippen LogP contribution in [0.3, 0.4) is 0 Å². The van der Waals surface area contributed by atoms with E-state index < -0.39 is 187 Å². The Bertz CT molecular complexity index is 3580. The average molecular weight is 1470 g/mol. The highest BCUT2D eigenvalue weighted by molar-refractivity contribution is 6.00. The molecule has 576 valence electrons. The Morgan fingerprint density at radius 2 is 0.905 bits per heavy atom. The summed E-state index contributed by atoms with van der Waals surface area (Å²) in [4.78, 5) is 195. The van der Waals surface area contributed by atoms with Gasteiger partial charge in [-0.15, -0.1) is 0 Å². The van der Waals surface area contributed by atoms with Crippen LogP contribution < -0.4 is 81.0 Å². The van der Waals surface area contributed by atoms with Gasteiger partial charge in [0.2, 0.25) is 76.8 Å². The number of primary amides is 1. The third-order valence-corrected chi connectivity index (χ3v) is 18.1. The fraction of sp³-hybridized carbons (Fsp3) is 0.534. The van der Waals surface area contributed by atoms with Gasteiger partial charge in [0.1, 0.15) is 60.4 Å². The van der Waals surface area contributed by atoms with E-state index in [2.05, 4.69) is 68.8 Å². The third-order valence-electron chi connectivity index (χ3n) is 18.1. The van der Waals surface area contributed by atoms with Crippen molar-refractivity contribution in [3.05, 3.63) is 108 Å². The highest BCUT2D eigenvalue weighted by atomic mass is 16.4. The summed E-state index contributed by atoms with van der Waals surface area (Å²) in [7, 11) is 0. The number of fused-ring (bicyclic) bond motifs is 1. The molecule has 21 N–H and O–H groups in total. The molecule has 4 rings (SSSR count). The van der Waals surface area contributed by atoms with Crippen molar-refractivity contribution in [3.8, 4) is 0 Å². The molecule has 0 aliphatic carbocycles. The lowest BCUT2D eigenvalue weighted by molar-refractivity contribution is -0.142. The summed E-state index contributed by atoms with van der Waals surface area (Å²) in [6, 6.07) is 9.37. The van der Waals surface area contributed by atoms with Gasteiger partial charge in [-0.1, -0.05) is 154 Å². The summed E-state index contributed by atoms with van der Waals surface area (Å²) < 4.78 is 0. The van der Waals surface area contributed by atoms with E-state index in [1.807, 2.05) is 6.92 Å². The molecule has 32 heteroatoms. The lowest BCUT2D eigenvalue weighted by atomic mass is 9.96. The van der Waals surface area contributed by atoms with Crippen molar-refractivity contribution in [3.63, 3.8) is 0 Å². The number of aromatic nitrogens is 1. The van der Waals surface area contributed by atoms with E-state index in [0.717, 1.165) is 5.56 Å². The second-order valence-electron chi connectivity index (χ2n) is 26.9. The average Bonchev–Trinajstić information content (AvgIpc) is 1.67. The Labute approximate surface area is 611 Å². The molecule has 0 saturated heterocycles. The summed E-state index contributed by atoms with van der Waals surface area (Å²) in [5.41, 5.74) is 20.1. The monoisotopic (exact) mass is 1460 g/mol. The van der Waals surface area contributed by atoms with Crippen LogP contribution in [0, 0.1) is 23.7 Å². The van der Waals surface area contributed by atoms with Gasteiger partial charge in [-0.2, -0.15) is 0 Å². The maximum atomic E-state index is 14.6. The van der Waals surface area contributed by atoms with Crippen molar-refractivity contribution in [2.24, 2.45) is 40.9 Å². The van der Waals surface area contributed by atoms with Gasteiger partial charge in [-0.3, -0.25) is 62.3 Å². The summed E-state index contributed by atoms with van der Waals surface area (Å²) in [5.74, 6) is -14.4. The summed E-state index contributed by atoms with van der Waals surface area (Å²) >= 11 is 0. The van der Waals surface area contributed by atoms with Crippen LogP contribution in [-0.4, -0.2) is 191 Å². The highest BCUT2D eigenvalue weighted by Gasteiger charge is 2.37. The molecule has 4 aromatic rings. The van der Waals surface area contributed by atoms with Crippen LogP contribution in [0.2, 0.25) is 0 Å². The number of aliphatic carboxylic acids is 1.